The molecule has 1 saturated heterocycles. The normalized spacial score (nSPS) is 17.8. The lowest BCUT2D eigenvalue weighted by Crippen LogP contribution is -2.45. The number of hydrogen-bond donors (Lipinski definition) is 3. The molecule has 1 heterocycles. The predicted molar refractivity (Wildman–Crippen MR) is 64.7 cm³/mol. The summed E-state index contributed by atoms with van der Waals surface area (Å²) >= 11 is 0. The molecular weight excluding hydrogens is 206 g/mol. The van der Waals surface area contributed by atoms with Crippen LogP contribution >= 0.6 is 0 Å². The smallest absolute Gasteiger partial charge is 0.0697 e. The zero-order chi connectivity index (χ0) is 11.5. The first kappa shape index (κ1) is 13.9. The molecule has 1 fully saturated rings. The Hall–Kier alpha value is -0.200. The Morgan fingerprint density at radius 1 is 1.19 bits per heavy atom. The molecule has 0 amide bonds. The maximum atomic E-state index is 8.50. The van der Waals surface area contributed by atoms with Crippen LogP contribution in [0, 0.1) is 0 Å². The van der Waals surface area contributed by atoms with E-state index in [1.165, 1.54) is 13.1 Å². The molecule has 5 heteroatoms. The van der Waals surface area contributed by atoms with Crippen molar-refractivity contribution in [2.24, 2.45) is 0 Å². The molecule has 0 bridgehead atoms. The van der Waals surface area contributed by atoms with Gasteiger partial charge in [0, 0.05) is 45.9 Å². The highest BCUT2D eigenvalue weighted by molar-refractivity contribution is 4.67. The number of nitrogens with zero attached hydrogens (tertiary/aromatic N) is 1. The standard InChI is InChI=1S/C11H25N3O2/c15-9-11-16-10-1-2-12-3-6-14-7-4-13-5-8-14/h12-13,15H,1-11H2. The summed E-state index contributed by atoms with van der Waals surface area (Å²) in [6, 6.07) is 0. The molecule has 0 atom stereocenters. The van der Waals surface area contributed by atoms with Gasteiger partial charge < -0.3 is 20.5 Å². The molecular formula is C11H25N3O2. The summed E-state index contributed by atoms with van der Waals surface area (Å²) in [5.41, 5.74) is 0. The van der Waals surface area contributed by atoms with E-state index in [1.54, 1.807) is 0 Å². The van der Waals surface area contributed by atoms with Crippen LogP contribution < -0.4 is 10.6 Å². The van der Waals surface area contributed by atoms with E-state index in [2.05, 4.69) is 15.5 Å². The topological polar surface area (TPSA) is 56.8 Å². The van der Waals surface area contributed by atoms with Gasteiger partial charge in [-0.1, -0.05) is 0 Å². The minimum absolute atomic E-state index is 0.121. The van der Waals surface area contributed by atoms with Crippen LogP contribution in [0.15, 0.2) is 0 Å². The lowest BCUT2D eigenvalue weighted by atomic mass is 10.3. The van der Waals surface area contributed by atoms with Gasteiger partial charge in [-0.3, -0.25) is 4.90 Å². The summed E-state index contributed by atoms with van der Waals surface area (Å²) in [4.78, 5) is 2.48. The lowest BCUT2D eigenvalue weighted by Gasteiger charge is -2.27. The average molecular weight is 231 g/mol. The van der Waals surface area contributed by atoms with Crippen molar-refractivity contribution in [3.63, 3.8) is 0 Å². The van der Waals surface area contributed by atoms with E-state index in [0.29, 0.717) is 6.61 Å². The third kappa shape index (κ3) is 7.14. The van der Waals surface area contributed by atoms with E-state index < -0.39 is 0 Å². The Bertz CT molecular complexity index is 152. The number of aliphatic hydroxyl groups excluding tert-OH is 1. The van der Waals surface area contributed by atoms with Crippen LogP contribution in [0.2, 0.25) is 0 Å². The number of aliphatic hydroxyl groups is 1. The fraction of sp³-hybridized carbons (Fsp3) is 1.00. The van der Waals surface area contributed by atoms with Crippen LogP contribution in [0.3, 0.4) is 0 Å². The number of ether oxygens (including phenoxy) is 1. The molecule has 0 unspecified atom stereocenters. The first-order valence-electron chi connectivity index (χ1n) is 6.26. The van der Waals surface area contributed by atoms with Crippen LogP contribution in [0.5, 0.6) is 0 Å². The molecule has 5 nitrogen and oxygen atoms in total. The van der Waals surface area contributed by atoms with Gasteiger partial charge in [-0.05, 0) is 13.0 Å². The lowest BCUT2D eigenvalue weighted by molar-refractivity contribution is 0.0906. The van der Waals surface area contributed by atoms with Crippen molar-refractivity contribution in [1.29, 1.82) is 0 Å². The van der Waals surface area contributed by atoms with E-state index in [0.717, 1.165) is 45.8 Å². The first-order chi connectivity index (χ1) is 7.93. The van der Waals surface area contributed by atoms with Gasteiger partial charge >= 0.3 is 0 Å². The van der Waals surface area contributed by atoms with E-state index >= 15 is 0 Å². The summed E-state index contributed by atoms with van der Waals surface area (Å²) < 4.78 is 5.17. The Kier molecular flexibility index (Phi) is 8.65. The average Bonchev–Trinajstić information content (AvgIpc) is 2.34. The molecule has 3 N–H and O–H groups in total. The summed E-state index contributed by atoms with van der Waals surface area (Å²) in [7, 11) is 0. The fourth-order valence-corrected chi connectivity index (χ4v) is 1.76. The quantitative estimate of drug-likeness (QED) is 0.439. The van der Waals surface area contributed by atoms with E-state index in [4.69, 9.17) is 9.84 Å². The van der Waals surface area contributed by atoms with Gasteiger partial charge in [0.1, 0.15) is 0 Å². The minimum Gasteiger partial charge on any atom is -0.394 e. The fourth-order valence-electron chi connectivity index (χ4n) is 1.76. The van der Waals surface area contributed by atoms with Crippen molar-refractivity contribution < 1.29 is 9.84 Å². The van der Waals surface area contributed by atoms with Crippen molar-refractivity contribution >= 4 is 0 Å². The van der Waals surface area contributed by atoms with E-state index in [1.807, 2.05) is 0 Å². The SMILES string of the molecule is OCCOCCCNCCN1CCNCC1. The highest BCUT2D eigenvalue weighted by Crippen LogP contribution is 1.90. The Morgan fingerprint density at radius 2 is 2.00 bits per heavy atom. The van der Waals surface area contributed by atoms with E-state index in [-0.39, 0.29) is 6.61 Å². The van der Waals surface area contributed by atoms with Crippen LogP contribution in [0.25, 0.3) is 0 Å². The van der Waals surface area contributed by atoms with Crippen LogP contribution in [-0.2, 0) is 4.74 Å². The second-order valence-corrected chi connectivity index (χ2v) is 4.03. The summed E-state index contributed by atoms with van der Waals surface area (Å²) in [5, 5.41) is 15.3. The second kappa shape index (κ2) is 9.99. The molecule has 0 aromatic rings. The maximum Gasteiger partial charge on any atom is 0.0697 e. The molecule has 0 spiro atoms. The largest absolute Gasteiger partial charge is 0.394 e. The Balaban J connectivity index is 1.77. The first-order valence-corrected chi connectivity index (χ1v) is 6.26. The van der Waals surface area contributed by atoms with Gasteiger partial charge in [0.25, 0.3) is 0 Å². The highest BCUT2D eigenvalue weighted by Gasteiger charge is 2.07. The number of nitrogens with one attached hydrogen (secondary N) is 2. The Labute approximate surface area is 98.2 Å². The predicted octanol–water partition coefficient (Wildman–Crippen LogP) is -1.12. The van der Waals surface area contributed by atoms with Crippen molar-refractivity contribution in [3.05, 3.63) is 0 Å². The van der Waals surface area contributed by atoms with Gasteiger partial charge in [0.15, 0.2) is 0 Å². The molecule has 1 aliphatic heterocycles. The Morgan fingerprint density at radius 3 is 2.75 bits per heavy atom. The maximum absolute atomic E-state index is 8.50. The van der Waals surface area contributed by atoms with Crippen LogP contribution in [0.1, 0.15) is 6.42 Å². The van der Waals surface area contributed by atoms with Gasteiger partial charge in [-0.15, -0.1) is 0 Å². The molecule has 1 aliphatic rings. The molecule has 0 aliphatic carbocycles. The zero-order valence-electron chi connectivity index (χ0n) is 10.1. The third-order valence-corrected chi connectivity index (χ3v) is 2.69. The molecule has 16 heavy (non-hydrogen) atoms. The van der Waals surface area contributed by atoms with Crippen molar-refractivity contribution in [2.45, 2.75) is 6.42 Å². The monoisotopic (exact) mass is 231 g/mol. The van der Waals surface area contributed by atoms with E-state index in [9.17, 15) is 0 Å². The summed E-state index contributed by atoms with van der Waals surface area (Å²) in [5.74, 6) is 0. The summed E-state index contributed by atoms with van der Waals surface area (Å²) in [6.07, 6.45) is 1.02. The van der Waals surface area contributed by atoms with Crippen molar-refractivity contribution in [2.75, 3.05) is 65.6 Å². The van der Waals surface area contributed by atoms with Gasteiger partial charge in [-0.2, -0.15) is 0 Å². The van der Waals surface area contributed by atoms with Crippen LogP contribution in [-0.4, -0.2) is 75.6 Å². The summed E-state index contributed by atoms with van der Waals surface area (Å²) in [6.45, 7) is 9.08. The van der Waals surface area contributed by atoms with Crippen molar-refractivity contribution in [3.8, 4) is 0 Å². The molecule has 0 aromatic heterocycles. The molecule has 0 aromatic carbocycles. The molecule has 1 rings (SSSR count). The van der Waals surface area contributed by atoms with Gasteiger partial charge in [-0.25, -0.2) is 0 Å². The molecule has 0 radical (unpaired) electrons. The van der Waals surface area contributed by atoms with Crippen LogP contribution in [0.4, 0.5) is 0 Å². The number of piperazine rings is 1. The zero-order valence-corrected chi connectivity index (χ0v) is 10.1. The second-order valence-electron chi connectivity index (χ2n) is 4.03. The number of hydrogen-bond acceptors (Lipinski definition) is 5. The minimum atomic E-state index is 0.121. The van der Waals surface area contributed by atoms with Gasteiger partial charge in [0.05, 0.1) is 13.2 Å². The van der Waals surface area contributed by atoms with Crippen molar-refractivity contribution in [1.82, 2.24) is 15.5 Å². The third-order valence-electron chi connectivity index (χ3n) is 2.69. The molecule has 96 valence electrons. The molecule has 0 saturated carbocycles. The highest BCUT2D eigenvalue weighted by atomic mass is 16.5. The van der Waals surface area contributed by atoms with Gasteiger partial charge in [0.2, 0.25) is 0 Å². The number of rotatable bonds is 9.